The summed E-state index contributed by atoms with van der Waals surface area (Å²) < 4.78 is 4.98. The van der Waals surface area contributed by atoms with Crippen molar-refractivity contribution in [1.82, 2.24) is 19.6 Å². The standard InChI is InChI=1S/C17H26N4O5/c1-2-26-17(25)21-9-7-20(8-10-21)16(24)14-11-13(14)15(23)19-5-3-18(12-22)4-6-19/h12-14H,2-11H2,1H3. The Kier molecular flexibility index (Phi) is 5.63. The molecule has 3 aliphatic rings. The van der Waals surface area contributed by atoms with Crippen LogP contribution in [0.25, 0.3) is 0 Å². The third-order valence-corrected chi connectivity index (χ3v) is 5.32. The highest BCUT2D eigenvalue weighted by Crippen LogP contribution is 2.41. The first kappa shape index (κ1) is 18.5. The molecule has 0 N–H and O–H groups in total. The van der Waals surface area contributed by atoms with Gasteiger partial charge in [-0.15, -0.1) is 0 Å². The van der Waals surface area contributed by atoms with Crippen LogP contribution >= 0.6 is 0 Å². The summed E-state index contributed by atoms with van der Waals surface area (Å²) in [7, 11) is 0. The summed E-state index contributed by atoms with van der Waals surface area (Å²) in [6.07, 6.45) is 1.07. The van der Waals surface area contributed by atoms with Crippen LogP contribution in [0.2, 0.25) is 0 Å². The van der Waals surface area contributed by atoms with Gasteiger partial charge < -0.3 is 24.3 Å². The third kappa shape index (κ3) is 3.91. The number of carbonyl (C=O) groups excluding carboxylic acids is 4. The molecule has 0 spiro atoms. The molecule has 0 radical (unpaired) electrons. The molecule has 0 bridgehead atoms. The summed E-state index contributed by atoms with van der Waals surface area (Å²) >= 11 is 0. The average Bonchev–Trinajstić information content (AvgIpc) is 3.48. The van der Waals surface area contributed by atoms with Crippen LogP contribution in [0.1, 0.15) is 13.3 Å². The molecule has 2 aliphatic heterocycles. The topological polar surface area (TPSA) is 90.5 Å². The minimum absolute atomic E-state index is 0.0124. The highest BCUT2D eigenvalue weighted by atomic mass is 16.6. The Bertz CT molecular complexity index is 568. The fourth-order valence-electron chi connectivity index (χ4n) is 3.58. The third-order valence-electron chi connectivity index (χ3n) is 5.32. The second kappa shape index (κ2) is 7.92. The molecule has 2 saturated heterocycles. The maximum absolute atomic E-state index is 12.6. The van der Waals surface area contributed by atoms with Crippen molar-refractivity contribution in [2.75, 3.05) is 59.0 Å². The molecule has 1 aliphatic carbocycles. The van der Waals surface area contributed by atoms with Crippen LogP contribution in [0.4, 0.5) is 4.79 Å². The van der Waals surface area contributed by atoms with Gasteiger partial charge in [0.15, 0.2) is 0 Å². The molecule has 2 unspecified atom stereocenters. The van der Waals surface area contributed by atoms with Crippen molar-refractivity contribution in [2.45, 2.75) is 13.3 Å². The summed E-state index contributed by atoms with van der Waals surface area (Å²) in [5.74, 6) is -0.424. The number of hydrogen-bond donors (Lipinski definition) is 0. The summed E-state index contributed by atoms with van der Waals surface area (Å²) in [6, 6.07) is 0. The van der Waals surface area contributed by atoms with Gasteiger partial charge in [0.05, 0.1) is 18.4 Å². The summed E-state index contributed by atoms with van der Waals surface area (Å²) in [6.45, 7) is 6.16. The maximum atomic E-state index is 12.6. The van der Waals surface area contributed by atoms with Crippen molar-refractivity contribution in [2.24, 2.45) is 11.8 Å². The number of piperazine rings is 2. The van der Waals surface area contributed by atoms with E-state index in [1.807, 2.05) is 0 Å². The van der Waals surface area contributed by atoms with Crippen molar-refractivity contribution in [3.63, 3.8) is 0 Å². The molecule has 0 aromatic heterocycles. The fraction of sp³-hybridized carbons (Fsp3) is 0.765. The Morgan fingerprint density at radius 1 is 0.846 bits per heavy atom. The number of ether oxygens (including phenoxy) is 1. The van der Waals surface area contributed by atoms with E-state index in [2.05, 4.69) is 0 Å². The molecule has 2 heterocycles. The molecule has 2 atom stereocenters. The Morgan fingerprint density at radius 2 is 1.31 bits per heavy atom. The zero-order valence-electron chi connectivity index (χ0n) is 15.1. The van der Waals surface area contributed by atoms with Crippen LogP contribution in [0.5, 0.6) is 0 Å². The smallest absolute Gasteiger partial charge is 0.409 e. The number of nitrogens with zero attached hydrogens (tertiary/aromatic N) is 4. The van der Waals surface area contributed by atoms with Gasteiger partial charge in [0, 0.05) is 52.4 Å². The molecule has 3 fully saturated rings. The van der Waals surface area contributed by atoms with Gasteiger partial charge in [-0.05, 0) is 13.3 Å². The largest absolute Gasteiger partial charge is 0.450 e. The molecule has 3 rings (SSSR count). The van der Waals surface area contributed by atoms with Crippen molar-refractivity contribution >= 4 is 24.3 Å². The Morgan fingerprint density at radius 3 is 1.77 bits per heavy atom. The van der Waals surface area contributed by atoms with Crippen LogP contribution in [0.15, 0.2) is 0 Å². The first-order valence-electron chi connectivity index (χ1n) is 9.23. The van der Waals surface area contributed by atoms with E-state index in [1.165, 1.54) is 0 Å². The highest BCUT2D eigenvalue weighted by Gasteiger charge is 2.51. The number of amides is 4. The predicted molar refractivity (Wildman–Crippen MR) is 91.0 cm³/mol. The van der Waals surface area contributed by atoms with Gasteiger partial charge in [-0.25, -0.2) is 4.79 Å². The molecule has 0 aromatic carbocycles. The lowest BCUT2D eigenvalue weighted by molar-refractivity contribution is -0.140. The first-order valence-corrected chi connectivity index (χ1v) is 9.23. The van der Waals surface area contributed by atoms with E-state index in [0.717, 1.165) is 6.41 Å². The summed E-state index contributed by atoms with van der Waals surface area (Å²) in [5.41, 5.74) is 0. The van der Waals surface area contributed by atoms with E-state index in [4.69, 9.17) is 4.74 Å². The fourth-order valence-corrected chi connectivity index (χ4v) is 3.58. The molecule has 9 heteroatoms. The lowest BCUT2D eigenvalue weighted by Gasteiger charge is -2.34. The Labute approximate surface area is 152 Å². The van der Waals surface area contributed by atoms with Crippen LogP contribution in [0, 0.1) is 11.8 Å². The van der Waals surface area contributed by atoms with Crippen molar-refractivity contribution in [3.8, 4) is 0 Å². The van der Waals surface area contributed by atoms with Crippen LogP contribution < -0.4 is 0 Å². The minimum Gasteiger partial charge on any atom is -0.450 e. The molecule has 1 saturated carbocycles. The van der Waals surface area contributed by atoms with Gasteiger partial charge >= 0.3 is 6.09 Å². The van der Waals surface area contributed by atoms with Crippen LogP contribution in [-0.4, -0.2) is 103 Å². The molecular formula is C17H26N4O5. The number of rotatable bonds is 4. The van der Waals surface area contributed by atoms with Crippen LogP contribution in [0.3, 0.4) is 0 Å². The molecular weight excluding hydrogens is 340 g/mol. The second-order valence-corrected chi connectivity index (χ2v) is 6.93. The molecule has 9 nitrogen and oxygen atoms in total. The zero-order chi connectivity index (χ0) is 18.7. The van der Waals surface area contributed by atoms with Crippen molar-refractivity contribution in [3.05, 3.63) is 0 Å². The van der Waals surface area contributed by atoms with E-state index in [0.29, 0.717) is 65.4 Å². The number of hydrogen-bond acceptors (Lipinski definition) is 5. The van der Waals surface area contributed by atoms with Gasteiger partial charge in [-0.1, -0.05) is 0 Å². The second-order valence-electron chi connectivity index (χ2n) is 6.93. The molecule has 0 aromatic rings. The normalized spacial score (nSPS) is 25.7. The van der Waals surface area contributed by atoms with Gasteiger partial charge in [-0.3, -0.25) is 14.4 Å². The quantitative estimate of drug-likeness (QED) is 0.609. The lowest BCUT2D eigenvalue weighted by atomic mass is 10.2. The van der Waals surface area contributed by atoms with E-state index in [-0.39, 0.29) is 29.7 Å². The first-order chi connectivity index (χ1) is 12.5. The molecule has 26 heavy (non-hydrogen) atoms. The van der Waals surface area contributed by atoms with Gasteiger partial charge in [0.25, 0.3) is 0 Å². The highest BCUT2D eigenvalue weighted by molar-refractivity contribution is 5.92. The van der Waals surface area contributed by atoms with Crippen LogP contribution in [-0.2, 0) is 19.1 Å². The predicted octanol–water partition coefficient (Wildman–Crippen LogP) is -0.776. The summed E-state index contributed by atoms with van der Waals surface area (Å²) in [4.78, 5) is 54.4. The van der Waals surface area contributed by atoms with Gasteiger partial charge in [0.1, 0.15) is 0 Å². The van der Waals surface area contributed by atoms with Crippen molar-refractivity contribution < 1.29 is 23.9 Å². The Balaban J connectivity index is 1.44. The molecule has 144 valence electrons. The van der Waals surface area contributed by atoms with Gasteiger partial charge in [0.2, 0.25) is 18.2 Å². The van der Waals surface area contributed by atoms with Crippen molar-refractivity contribution in [1.29, 1.82) is 0 Å². The Hall–Kier alpha value is -2.32. The molecule has 4 amide bonds. The monoisotopic (exact) mass is 366 g/mol. The zero-order valence-corrected chi connectivity index (χ0v) is 15.1. The van der Waals surface area contributed by atoms with E-state index in [1.54, 1.807) is 26.5 Å². The van der Waals surface area contributed by atoms with E-state index >= 15 is 0 Å². The summed E-state index contributed by atoms with van der Waals surface area (Å²) in [5, 5.41) is 0. The minimum atomic E-state index is -0.339. The van der Waals surface area contributed by atoms with E-state index in [9.17, 15) is 19.2 Å². The average molecular weight is 366 g/mol. The van der Waals surface area contributed by atoms with E-state index < -0.39 is 0 Å². The maximum Gasteiger partial charge on any atom is 0.409 e. The number of carbonyl (C=O) groups is 4. The lowest BCUT2D eigenvalue weighted by Crippen LogP contribution is -2.51. The SMILES string of the molecule is CCOC(=O)N1CCN(C(=O)C2CC2C(=O)N2CCN(C=O)CC2)CC1. The van der Waals surface area contributed by atoms with Gasteiger partial charge in [-0.2, -0.15) is 0 Å².